The third-order valence-corrected chi connectivity index (χ3v) is 8.43. The summed E-state index contributed by atoms with van der Waals surface area (Å²) in [5.74, 6) is -2.54. The SMILES string of the molecule is CC(=O)OC1CCC(ON=C(C(=O)N[C@H]2C(=O)N3[C@@H]2SC(C)(C)[C@@H]3C(=O)O)c2csc(N)n2)CC1. The van der Waals surface area contributed by atoms with Crippen LogP contribution in [-0.2, 0) is 28.8 Å². The minimum atomic E-state index is -1.08. The highest BCUT2D eigenvalue weighted by Gasteiger charge is 2.64. The van der Waals surface area contributed by atoms with Gasteiger partial charge in [0.1, 0.15) is 35.4 Å². The van der Waals surface area contributed by atoms with Crippen LogP contribution in [0, 0.1) is 0 Å². The van der Waals surface area contributed by atoms with E-state index in [0.717, 1.165) is 11.3 Å². The first-order valence-electron chi connectivity index (χ1n) is 11.1. The molecule has 3 aliphatic rings. The molecule has 0 aromatic carbocycles. The summed E-state index contributed by atoms with van der Waals surface area (Å²) in [6, 6.07) is -1.87. The first-order valence-corrected chi connectivity index (χ1v) is 12.9. The number of amides is 2. The molecule has 0 spiro atoms. The number of thioether (sulfide) groups is 1. The molecule has 12 nitrogen and oxygen atoms in total. The van der Waals surface area contributed by atoms with Crippen LogP contribution in [0.4, 0.5) is 5.13 Å². The zero-order valence-electron chi connectivity index (χ0n) is 19.4. The lowest BCUT2D eigenvalue weighted by atomic mass is 9.95. The van der Waals surface area contributed by atoms with Crippen molar-refractivity contribution in [3.05, 3.63) is 11.1 Å². The molecule has 2 aliphatic heterocycles. The number of carbonyl (C=O) groups excluding carboxylic acids is 3. The van der Waals surface area contributed by atoms with Gasteiger partial charge in [-0.1, -0.05) is 5.16 Å². The van der Waals surface area contributed by atoms with Crippen molar-refractivity contribution in [3.63, 3.8) is 0 Å². The summed E-state index contributed by atoms with van der Waals surface area (Å²) >= 11 is 2.46. The van der Waals surface area contributed by atoms with Crippen LogP contribution in [0.3, 0.4) is 0 Å². The van der Waals surface area contributed by atoms with E-state index in [2.05, 4.69) is 15.5 Å². The van der Waals surface area contributed by atoms with E-state index in [4.69, 9.17) is 15.3 Å². The number of aliphatic carboxylic acids is 1. The van der Waals surface area contributed by atoms with Crippen molar-refractivity contribution in [2.75, 3.05) is 5.73 Å². The summed E-state index contributed by atoms with van der Waals surface area (Å²) in [6.45, 7) is 4.89. The summed E-state index contributed by atoms with van der Waals surface area (Å²) in [6.07, 6.45) is 2.00. The zero-order chi connectivity index (χ0) is 25.5. The van der Waals surface area contributed by atoms with Crippen LogP contribution in [0.15, 0.2) is 10.5 Å². The third kappa shape index (κ3) is 5.08. The number of nitrogens with two attached hydrogens (primary N) is 1. The fraction of sp³-hybridized carbons (Fsp3) is 0.619. The molecular weight excluding hydrogens is 498 g/mol. The Kier molecular flexibility index (Phi) is 6.95. The van der Waals surface area contributed by atoms with Gasteiger partial charge in [-0.15, -0.1) is 23.1 Å². The highest BCUT2D eigenvalue weighted by Crippen LogP contribution is 2.50. The van der Waals surface area contributed by atoms with Crippen LogP contribution in [0.2, 0.25) is 0 Å². The van der Waals surface area contributed by atoms with Gasteiger partial charge in [0.25, 0.3) is 5.91 Å². The minimum Gasteiger partial charge on any atom is -0.480 e. The van der Waals surface area contributed by atoms with Crippen molar-refractivity contribution in [1.29, 1.82) is 0 Å². The van der Waals surface area contributed by atoms with Gasteiger partial charge in [-0.05, 0) is 39.5 Å². The van der Waals surface area contributed by atoms with Crippen LogP contribution in [-0.4, -0.2) is 78.9 Å². The molecule has 1 aromatic heterocycles. The maximum atomic E-state index is 13.2. The Morgan fingerprint density at radius 3 is 2.49 bits per heavy atom. The van der Waals surface area contributed by atoms with E-state index in [1.54, 1.807) is 19.2 Å². The summed E-state index contributed by atoms with van der Waals surface area (Å²) in [5, 5.41) is 17.6. The molecule has 1 aliphatic carbocycles. The Labute approximate surface area is 209 Å². The summed E-state index contributed by atoms with van der Waals surface area (Å²) in [4.78, 5) is 59.8. The fourth-order valence-electron chi connectivity index (χ4n) is 4.57. The number of hydrogen-bond donors (Lipinski definition) is 3. The van der Waals surface area contributed by atoms with Crippen molar-refractivity contribution < 1.29 is 33.9 Å². The van der Waals surface area contributed by atoms with Gasteiger partial charge in [0.2, 0.25) is 5.91 Å². The van der Waals surface area contributed by atoms with Crippen LogP contribution in [0.1, 0.15) is 52.1 Å². The number of anilines is 1. The van der Waals surface area contributed by atoms with Crippen LogP contribution >= 0.6 is 23.1 Å². The molecule has 2 amide bonds. The summed E-state index contributed by atoms with van der Waals surface area (Å²) < 4.78 is 4.52. The Hall–Kier alpha value is -2.87. The Balaban J connectivity index is 1.45. The van der Waals surface area contributed by atoms with Gasteiger partial charge in [-0.2, -0.15) is 0 Å². The summed E-state index contributed by atoms with van der Waals surface area (Å²) in [5.41, 5.74) is 5.82. The van der Waals surface area contributed by atoms with Crippen LogP contribution in [0.25, 0.3) is 0 Å². The second-order valence-corrected chi connectivity index (χ2v) is 11.8. The lowest BCUT2D eigenvalue weighted by molar-refractivity contribution is -0.160. The number of nitrogens with zero attached hydrogens (tertiary/aromatic N) is 3. The van der Waals surface area contributed by atoms with Crippen LogP contribution < -0.4 is 11.1 Å². The molecule has 2 saturated heterocycles. The van der Waals surface area contributed by atoms with E-state index in [0.29, 0.717) is 25.7 Å². The maximum Gasteiger partial charge on any atom is 0.327 e. The molecule has 3 fully saturated rings. The smallest absolute Gasteiger partial charge is 0.327 e. The first-order chi connectivity index (χ1) is 16.5. The number of aromatic nitrogens is 1. The van der Waals surface area contributed by atoms with Gasteiger partial charge in [-0.3, -0.25) is 14.4 Å². The predicted molar refractivity (Wildman–Crippen MR) is 128 cm³/mol. The Morgan fingerprint density at radius 1 is 1.26 bits per heavy atom. The molecule has 0 radical (unpaired) electrons. The lowest BCUT2D eigenvalue weighted by Crippen LogP contribution is -2.71. The molecule has 0 unspecified atom stereocenters. The number of esters is 1. The molecule has 3 heterocycles. The summed E-state index contributed by atoms with van der Waals surface area (Å²) in [7, 11) is 0. The predicted octanol–water partition coefficient (Wildman–Crippen LogP) is 0.952. The van der Waals surface area contributed by atoms with Gasteiger partial charge < -0.3 is 30.6 Å². The van der Waals surface area contributed by atoms with E-state index in [9.17, 15) is 24.3 Å². The van der Waals surface area contributed by atoms with Crippen LogP contribution in [0.5, 0.6) is 0 Å². The van der Waals surface area contributed by atoms with E-state index in [1.165, 1.54) is 23.6 Å². The average Bonchev–Trinajstić information content (AvgIpc) is 3.31. The number of rotatable bonds is 7. The third-order valence-electron chi connectivity index (χ3n) is 6.19. The average molecular weight is 526 g/mol. The van der Waals surface area contributed by atoms with Crippen molar-refractivity contribution in [1.82, 2.24) is 15.2 Å². The van der Waals surface area contributed by atoms with Crippen molar-refractivity contribution in [2.24, 2.45) is 5.16 Å². The molecule has 35 heavy (non-hydrogen) atoms. The molecule has 1 saturated carbocycles. The van der Waals surface area contributed by atoms with Gasteiger partial charge in [0.05, 0.1) is 0 Å². The number of nitrogen functional groups attached to an aromatic ring is 1. The Morgan fingerprint density at radius 2 is 1.91 bits per heavy atom. The van der Waals surface area contributed by atoms with Crippen molar-refractivity contribution >= 4 is 57.7 Å². The second-order valence-electron chi connectivity index (χ2n) is 9.17. The molecule has 190 valence electrons. The number of fused-ring (bicyclic) bond motifs is 1. The highest BCUT2D eigenvalue weighted by molar-refractivity contribution is 8.01. The number of ether oxygens (including phenoxy) is 1. The van der Waals surface area contributed by atoms with Gasteiger partial charge in [0.15, 0.2) is 10.8 Å². The highest BCUT2D eigenvalue weighted by atomic mass is 32.2. The van der Waals surface area contributed by atoms with Crippen molar-refractivity contribution in [3.8, 4) is 0 Å². The molecule has 3 atom stereocenters. The number of thiazole rings is 1. The maximum absolute atomic E-state index is 13.2. The number of carbonyl (C=O) groups is 4. The normalized spacial score (nSPS) is 29.7. The molecule has 14 heteroatoms. The lowest BCUT2D eigenvalue weighted by Gasteiger charge is -2.43. The second kappa shape index (κ2) is 9.64. The molecule has 1 aromatic rings. The van der Waals surface area contributed by atoms with Crippen molar-refractivity contribution in [2.45, 2.75) is 80.9 Å². The molecule has 4 N–H and O–H groups in total. The standard InChI is InChI=1S/C21H27N5O7S2/c1-9(27)32-10-4-6-11(7-5-10)33-25-13(12-8-34-20(22)23-12)16(28)24-14-17(29)26-15(19(30)31)21(2,3)35-18(14)26/h8,10-11,14-15,18H,4-7H2,1-3H3,(H2,22,23)(H,24,28)(H,30,31)/t10?,11?,14-,15-,18+/m0/s1. The zero-order valence-corrected chi connectivity index (χ0v) is 21.1. The van der Waals surface area contributed by atoms with E-state index >= 15 is 0 Å². The van der Waals surface area contributed by atoms with Gasteiger partial charge in [0, 0.05) is 17.1 Å². The number of carboxylic acid groups (broad SMARTS) is 1. The molecular formula is C21H27N5O7S2. The van der Waals surface area contributed by atoms with Gasteiger partial charge >= 0.3 is 11.9 Å². The molecule has 4 rings (SSSR count). The largest absolute Gasteiger partial charge is 0.480 e. The number of nitrogens with one attached hydrogen (secondary N) is 1. The van der Waals surface area contributed by atoms with E-state index in [-0.39, 0.29) is 34.7 Å². The number of oxime groups is 1. The van der Waals surface area contributed by atoms with E-state index < -0.39 is 40.0 Å². The first kappa shape index (κ1) is 25.2. The van der Waals surface area contributed by atoms with Gasteiger partial charge in [-0.25, -0.2) is 9.78 Å². The number of carboxylic acids is 1. The Bertz CT molecular complexity index is 1070. The molecule has 0 bridgehead atoms. The minimum absolute atomic E-state index is 0.122. The number of hydrogen-bond acceptors (Lipinski definition) is 11. The quantitative estimate of drug-likeness (QED) is 0.201. The van der Waals surface area contributed by atoms with E-state index in [1.807, 2.05) is 0 Å². The number of β-lactam (4-membered cyclic amide) rings is 1. The topological polar surface area (TPSA) is 174 Å². The fourth-order valence-corrected chi connectivity index (χ4v) is 6.75. The monoisotopic (exact) mass is 525 g/mol.